The lowest BCUT2D eigenvalue weighted by Gasteiger charge is -2.20. The zero-order valence-electron chi connectivity index (χ0n) is 10.9. The van der Waals surface area contributed by atoms with Crippen LogP contribution in [0.25, 0.3) is 0 Å². The molecule has 0 aliphatic carbocycles. The Bertz CT molecular complexity index is 538. The van der Waals surface area contributed by atoms with Crippen LogP contribution < -0.4 is 10.6 Å². The van der Waals surface area contributed by atoms with Gasteiger partial charge in [0, 0.05) is 30.0 Å². The second-order valence-electron chi connectivity index (χ2n) is 5.00. The standard InChI is InChI=1S/C13H20N2O2S/c1-10(2)18(16,17)9-8-15-7-6-11-12(14)4-3-5-13(11)15/h3-5,10H,6-9,14H2,1-2H3. The summed E-state index contributed by atoms with van der Waals surface area (Å²) in [5.41, 5.74) is 8.97. The van der Waals surface area contributed by atoms with Gasteiger partial charge in [0.05, 0.1) is 11.0 Å². The molecule has 0 radical (unpaired) electrons. The summed E-state index contributed by atoms with van der Waals surface area (Å²) < 4.78 is 23.6. The molecule has 2 N–H and O–H groups in total. The predicted molar refractivity (Wildman–Crippen MR) is 75.7 cm³/mol. The number of hydrogen-bond acceptors (Lipinski definition) is 4. The molecular formula is C13H20N2O2S. The van der Waals surface area contributed by atoms with Crippen molar-refractivity contribution < 1.29 is 8.42 Å². The molecule has 1 aromatic rings. The number of nitrogens with zero attached hydrogens (tertiary/aromatic N) is 1. The first kappa shape index (κ1) is 13.2. The van der Waals surface area contributed by atoms with Crippen molar-refractivity contribution in [3.05, 3.63) is 23.8 Å². The van der Waals surface area contributed by atoms with Crippen LogP contribution in [0.2, 0.25) is 0 Å². The highest BCUT2D eigenvalue weighted by Gasteiger charge is 2.23. The van der Waals surface area contributed by atoms with Crippen LogP contribution in [0.3, 0.4) is 0 Å². The Hall–Kier alpha value is -1.23. The monoisotopic (exact) mass is 268 g/mol. The quantitative estimate of drug-likeness (QED) is 0.840. The van der Waals surface area contributed by atoms with E-state index in [1.165, 1.54) is 0 Å². The Morgan fingerprint density at radius 1 is 1.39 bits per heavy atom. The second-order valence-corrected chi connectivity index (χ2v) is 7.67. The van der Waals surface area contributed by atoms with Crippen LogP contribution in [0.1, 0.15) is 19.4 Å². The van der Waals surface area contributed by atoms with Crippen molar-refractivity contribution in [2.75, 3.05) is 29.5 Å². The molecule has 0 fully saturated rings. The van der Waals surface area contributed by atoms with Gasteiger partial charge >= 0.3 is 0 Å². The van der Waals surface area contributed by atoms with Gasteiger partial charge in [-0.1, -0.05) is 6.07 Å². The maximum atomic E-state index is 11.8. The average Bonchev–Trinajstić information content (AvgIpc) is 2.71. The van der Waals surface area contributed by atoms with E-state index in [9.17, 15) is 8.42 Å². The van der Waals surface area contributed by atoms with Crippen LogP contribution in [0, 0.1) is 0 Å². The minimum Gasteiger partial charge on any atom is -0.398 e. The van der Waals surface area contributed by atoms with Gasteiger partial charge in [-0.25, -0.2) is 8.42 Å². The summed E-state index contributed by atoms with van der Waals surface area (Å²) in [4.78, 5) is 2.12. The SMILES string of the molecule is CC(C)S(=O)(=O)CCN1CCc2c(N)cccc21. The Morgan fingerprint density at radius 2 is 2.11 bits per heavy atom. The van der Waals surface area contributed by atoms with Crippen molar-refractivity contribution in [1.82, 2.24) is 0 Å². The third kappa shape index (κ3) is 2.46. The van der Waals surface area contributed by atoms with Crippen molar-refractivity contribution in [3.63, 3.8) is 0 Å². The van der Waals surface area contributed by atoms with Gasteiger partial charge in [-0.05, 0) is 32.4 Å². The fourth-order valence-corrected chi connectivity index (χ4v) is 3.18. The number of nitrogens with two attached hydrogens (primary N) is 1. The summed E-state index contributed by atoms with van der Waals surface area (Å²) in [6.07, 6.45) is 0.906. The summed E-state index contributed by atoms with van der Waals surface area (Å²) in [5.74, 6) is 0.207. The van der Waals surface area contributed by atoms with E-state index in [1.54, 1.807) is 13.8 Å². The zero-order chi connectivity index (χ0) is 13.3. The highest BCUT2D eigenvalue weighted by Crippen LogP contribution is 2.31. The molecule has 0 amide bonds. The first-order chi connectivity index (χ1) is 8.42. The summed E-state index contributed by atoms with van der Waals surface area (Å²) in [7, 11) is -2.97. The number of hydrogen-bond donors (Lipinski definition) is 1. The second kappa shape index (κ2) is 4.80. The lowest BCUT2D eigenvalue weighted by Crippen LogP contribution is -2.30. The number of rotatable bonds is 4. The molecule has 0 saturated carbocycles. The molecule has 0 bridgehead atoms. The van der Waals surface area contributed by atoms with E-state index in [0.29, 0.717) is 6.54 Å². The lowest BCUT2D eigenvalue weighted by molar-refractivity contribution is 0.586. The molecular weight excluding hydrogens is 248 g/mol. The van der Waals surface area contributed by atoms with E-state index in [4.69, 9.17) is 5.73 Å². The Balaban J connectivity index is 2.10. The molecule has 5 heteroatoms. The molecule has 4 nitrogen and oxygen atoms in total. The highest BCUT2D eigenvalue weighted by atomic mass is 32.2. The van der Waals surface area contributed by atoms with Gasteiger partial charge in [0.1, 0.15) is 0 Å². The minimum absolute atomic E-state index is 0.207. The topological polar surface area (TPSA) is 63.4 Å². The number of benzene rings is 1. The van der Waals surface area contributed by atoms with Crippen LogP contribution in [-0.2, 0) is 16.3 Å². The first-order valence-electron chi connectivity index (χ1n) is 6.25. The van der Waals surface area contributed by atoms with Gasteiger partial charge in [-0.2, -0.15) is 0 Å². The molecule has 1 aliphatic heterocycles. The van der Waals surface area contributed by atoms with E-state index < -0.39 is 9.84 Å². The van der Waals surface area contributed by atoms with Crippen molar-refractivity contribution in [1.29, 1.82) is 0 Å². The summed E-state index contributed by atoms with van der Waals surface area (Å²) in [5, 5.41) is -0.305. The Labute approximate surface area is 109 Å². The predicted octanol–water partition coefficient (Wildman–Crippen LogP) is 1.45. The van der Waals surface area contributed by atoms with Crippen LogP contribution >= 0.6 is 0 Å². The Morgan fingerprint density at radius 3 is 2.78 bits per heavy atom. The third-order valence-electron chi connectivity index (χ3n) is 3.52. The van der Waals surface area contributed by atoms with Crippen LogP contribution in [0.4, 0.5) is 11.4 Å². The number of anilines is 2. The van der Waals surface area contributed by atoms with Crippen molar-refractivity contribution in [2.24, 2.45) is 0 Å². The van der Waals surface area contributed by atoms with Gasteiger partial charge in [-0.15, -0.1) is 0 Å². The van der Waals surface area contributed by atoms with Gasteiger partial charge < -0.3 is 10.6 Å². The van der Waals surface area contributed by atoms with Gasteiger partial charge in [0.25, 0.3) is 0 Å². The van der Waals surface area contributed by atoms with Gasteiger partial charge in [0.15, 0.2) is 9.84 Å². The number of sulfone groups is 1. The van der Waals surface area contributed by atoms with Crippen LogP contribution in [0.15, 0.2) is 18.2 Å². The van der Waals surface area contributed by atoms with E-state index in [-0.39, 0.29) is 11.0 Å². The van der Waals surface area contributed by atoms with Gasteiger partial charge in [-0.3, -0.25) is 0 Å². The molecule has 100 valence electrons. The highest BCUT2D eigenvalue weighted by molar-refractivity contribution is 7.92. The molecule has 0 spiro atoms. The maximum absolute atomic E-state index is 11.8. The minimum atomic E-state index is -2.97. The van der Waals surface area contributed by atoms with E-state index in [2.05, 4.69) is 4.90 Å². The van der Waals surface area contributed by atoms with Gasteiger partial charge in [0.2, 0.25) is 0 Å². The molecule has 0 unspecified atom stereocenters. The molecule has 1 aromatic carbocycles. The largest absolute Gasteiger partial charge is 0.398 e. The van der Waals surface area contributed by atoms with Crippen LogP contribution in [-0.4, -0.2) is 32.5 Å². The third-order valence-corrected chi connectivity index (χ3v) is 5.71. The van der Waals surface area contributed by atoms with E-state index in [1.807, 2.05) is 18.2 Å². The smallest absolute Gasteiger partial charge is 0.154 e. The zero-order valence-corrected chi connectivity index (χ0v) is 11.7. The van der Waals surface area contributed by atoms with E-state index in [0.717, 1.165) is 29.9 Å². The fraction of sp³-hybridized carbons (Fsp3) is 0.538. The molecule has 0 atom stereocenters. The van der Waals surface area contributed by atoms with Crippen LogP contribution in [0.5, 0.6) is 0 Å². The Kier molecular flexibility index (Phi) is 3.52. The first-order valence-corrected chi connectivity index (χ1v) is 7.97. The molecule has 1 aliphatic rings. The molecule has 0 saturated heterocycles. The average molecular weight is 268 g/mol. The maximum Gasteiger partial charge on any atom is 0.154 e. The molecule has 1 heterocycles. The molecule has 2 rings (SSSR count). The summed E-state index contributed by atoms with van der Waals surface area (Å²) in [6.45, 7) is 4.87. The van der Waals surface area contributed by atoms with Crippen molar-refractivity contribution in [3.8, 4) is 0 Å². The number of nitrogen functional groups attached to an aromatic ring is 1. The van der Waals surface area contributed by atoms with E-state index >= 15 is 0 Å². The summed E-state index contributed by atoms with van der Waals surface area (Å²) >= 11 is 0. The number of fused-ring (bicyclic) bond motifs is 1. The van der Waals surface area contributed by atoms with Crippen molar-refractivity contribution in [2.45, 2.75) is 25.5 Å². The normalized spacial score (nSPS) is 15.2. The molecule has 18 heavy (non-hydrogen) atoms. The fourth-order valence-electron chi connectivity index (χ4n) is 2.23. The molecule has 0 aromatic heterocycles. The van der Waals surface area contributed by atoms with Crippen molar-refractivity contribution >= 4 is 21.2 Å². The summed E-state index contributed by atoms with van der Waals surface area (Å²) in [6, 6.07) is 5.83. The lowest BCUT2D eigenvalue weighted by atomic mass is 10.1.